The van der Waals surface area contributed by atoms with Crippen molar-refractivity contribution in [2.75, 3.05) is 48.8 Å². The maximum atomic E-state index is 15.7. The molecular formula is C28H35FN8O2. The number of carboxylic acid groups (broad SMARTS) is 1. The quantitative estimate of drug-likeness (QED) is 0.270. The van der Waals surface area contributed by atoms with Crippen LogP contribution in [-0.4, -0.2) is 75.7 Å². The van der Waals surface area contributed by atoms with Gasteiger partial charge in [-0.15, -0.1) is 0 Å². The molecule has 10 nitrogen and oxygen atoms in total. The van der Waals surface area contributed by atoms with E-state index < -0.39 is 11.5 Å². The summed E-state index contributed by atoms with van der Waals surface area (Å²) in [5.74, 6) is -0.0259. The van der Waals surface area contributed by atoms with Crippen molar-refractivity contribution >= 4 is 29.1 Å². The summed E-state index contributed by atoms with van der Waals surface area (Å²) in [6, 6.07) is 9.11. The highest BCUT2D eigenvalue weighted by molar-refractivity contribution is 5.82. The molecule has 3 heterocycles. The van der Waals surface area contributed by atoms with E-state index in [0.717, 1.165) is 30.4 Å². The number of likely N-dealkylation sites (tertiary alicyclic amines) is 1. The number of nitrogens with zero attached hydrogens (tertiary/aromatic N) is 5. The molecule has 0 spiro atoms. The van der Waals surface area contributed by atoms with Crippen molar-refractivity contribution in [3.8, 4) is 11.1 Å². The van der Waals surface area contributed by atoms with E-state index in [0.29, 0.717) is 62.2 Å². The topological polar surface area (TPSA) is 133 Å². The molecule has 1 saturated carbocycles. The Labute approximate surface area is 227 Å². The first-order valence-electron chi connectivity index (χ1n) is 13.4. The third kappa shape index (κ3) is 5.79. The van der Waals surface area contributed by atoms with Crippen molar-refractivity contribution in [3.63, 3.8) is 0 Å². The highest BCUT2D eigenvalue weighted by Crippen LogP contribution is 2.43. The number of pyridine rings is 1. The van der Waals surface area contributed by atoms with Gasteiger partial charge in [0.1, 0.15) is 11.4 Å². The van der Waals surface area contributed by atoms with Crippen LogP contribution in [0.4, 0.5) is 27.5 Å². The van der Waals surface area contributed by atoms with Crippen molar-refractivity contribution in [2.45, 2.75) is 43.7 Å². The van der Waals surface area contributed by atoms with Crippen LogP contribution in [0, 0.1) is 5.82 Å². The zero-order valence-corrected chi connectivity index (χ0v) is 22.1. The molecule has 5 rings (SSSR count). The van der Waals surface area contributed by atoms with Gasteiger partial charge < -0.3 is 26.4 Å². The molecule has 0 amide bonds. The first-order chi connectivity index (χ1) is 18.9. The summed E-state index contributed by atoms with van der Waals surface area (Å²) in [6.45, 7) is 2.72. The molecule has 39 heavy (non-hydrogen) atoms. The molecule has 0 radical (unpaired) electrons. The van der Waals surface area contributed by atoms with Gasteiger partial charge >= 0.3 is 5.97 Å². The molecule has 11 heteroatoms. The number of halogens is 1. The van der Waals surface area contributed by atoms with Crippen molar-refractivity contribution in [3.05, 3.63) is 54.7 Å². The summed E-state index contributed by atoms with van der Waals surface area (Å²) in [6.07, 6.45) is 8.97. The predicted molar refractivity (Wildman–Crippen MR) is 150 cm³/mol. The van der Waals surface area contributed by atoms with Crippen LogP contribution in [0.5, 0.6) is 0 Å². The lowest BCUT2D eigenvalue weighted by Gasteiger charge is -2.40. The molecule has 2 aliphatic rings. The molecule has 1 aliphatic heterocycles. The number of nitrogens with one attached hydrogen (secondary N) is 2. The number of nitrogens with two attached hydrogens (primary N) is 1. The Morgan fingerprint density at radius 1 is 1.18 bits per heavy atom. The number of carboxylic acids is 1. The van der Waals surface area contributed by atoms with Crippen molar-refractivity contribution in [2.24, 2.45) is 5.73 Å². The van der Waals surface area contributed by atoms with Gasteiger partial charge in [-0.3, -0.25) is 9.69 Å². The lowest BCUT2D eigenvalue weighted by atomic mass is 10.00. The zero-order valence-electron chi connectivity index (χ0n) is 22.1. The van der Waals surface area contributed by atoms with Crippen LogP contribution in [0.15, 0.2) is 48.9 Å². The van der Waals surface area contributed by atoms with Gasteiger partial charge in [-0.05, 0) is 68.5 Å². The highest BCUT2D eigenvalue weighted by atomic mass is 19.1. The lowest BCUT2D eigenvalue weighted by molar-refractivity contribution is -0.145. The van der Waals surface area contributed by atoms with Gasteiger partial charge in [0.05, 0.1) is 11.4 Å². The molecule has 5 N–H and O–H groups in total. The maximum absolute atomic E-state index is 15.7. The Bertz CT molecular complexity index is 1290. The number of benzene rings is 1. The van der Waals surface area contributed by atoms with Crippen LogP contribution in [0.25, 0.3) is 11.1 Å². The van der Waals surface area contributed by atoms with Gasteiger partial charge in [0.2, 0.25) is 5.95 Å². The van der Waals surface area contributed by atoms with Crippen LogP contribution >= 0.6 is 0 Å². The van der Waals surface area contributed by atoms with Gasteiger partial charge in [-0.25, -0.2) is 19.3 Å². The smallest absolute Gasteiger partial charge is 0.324 e. The summed E-state index contributed by atoms with van der Waals surface area (Å²) in [5.41, 5.74) is 7.36. The first kappa shape index (κ1) is 26.8. The SMILES string of the molecule is CN(c1cccc(Nc2cc(-c3cnc(NCCCN)nc3)ccn2)c1F)C1CCN(C2(C(=O)O)CC2)CC1. The van der Waals surface area contributed by atoms with E-state index in [1.165, 1.54) is 0 Å². The first-order valence-corrected chi connectivity index (χ1v) is 13.4. The second kappa shape index (κ2) is 11.5. The predicted octanol–water partition coefficient (Wildman–Crippen LogP) is 3.70. The average molecular weight is 535 g/mol. The second-order valence-corrected chi connectivity index (χ2v) is 10.2. The molecule has 1 aliphatic carbocycles. The molecule has 2 aromatic heterocycles. The van der Waals surface area contributed by atoms with Gasteiger partial charge in [0.15, 0.2) is 5.82 Å². The van der Waals surface area contributed by atoms with E-state index in [1.54, 1.807) is 30.7 Å². The zero-order chi connectivity index (χ0) is 27.4. The number of aliphatic carboxylic acids is 1. The largest absolute Gasteiger partial charge is 0.480 e. The Balaban J connectivity index is 1.25. The second-order valence-electron chi connectivity index (χ2n) is 10.2. The van der Waals surface area contributed by atoms with E-state index >= 15 is 4.39 Å². The van der Waals surface area contributed by atoms with Crippen molar-refractivity contribution < 1.29 is 14.3 Å². The van der Waals surface area contributed by atoms with Crippen LogP contribution in [0.2, 0.25) is 0 Å². The number of piperidine rings is 1. The molecule has 0 unspecified atom stereocenters. The van der Waals surface area contributed by atoms with Gasteiger partial charge in [0, 0.05) is 56.9 Å². The minimum Gasteiger partial charge on any atom is -0.480 e. The number of aromatic nitrogens is 3. The number of carbonyl (C=O) groups is 1. The van der Waals surface area contributed by atoms with Crippen LogP contribution in [0.1, 0.15) is 32.1 Å². The highest BCUT2D eigenvalue weighted by Gasteiger charge is 2.55. The Morgan fingerprint density at radius 3 is 2.59 bits per heavy atom. The Kier molecular flexibility index (Phi) is 7.89. The molecule has 1 aromatic carbocycles. The van der Waals surface area contributed by atoms with Crippen molar-refractivity contribution in [1.29, 1.82) is 0 Å². The van der Waals surface area contributed by atoms with Crippen molar-refractivity contribution in [1.82, 2.24) is 19.9 Å². The summed E-state index contributed by atoms with van der Waals surface area (Å²) >= 11 is 0. The van der Waals surface area contributed by atoms with Gasteiger partial charge in [0.25, 0.3) is 0 Å². The van der Waals surface area contributed by atoms with Gasteiger partial charge in [-0.1, -0.05) is 6.07 Å². The fourth-order valence-electron chi connectivity index (χ4n) is 5.24. The number of hydrogen-bond donors (Lipinski definition) is 4. The molecule has 2 fully saturated rings. The fourth-order valence-corrected chi connectivity index (χ4v) is 5.24. The van der Waals surface area contributed by atoms with E-state index in [-0.39, 0.29) is 11.9 Å². The summed E-state index contributed by atoms with van der Waals surface area (Å²) in [5, 5.41) is 15.9. The number of anilines is 4. The van der Waals surface area contributed by atoms with Crippen LogP contribution in [0.3, 0.4) is 0 Å². The van der Waals surface area contributed by atoms with Gasteiger partial charge in [-0.2, -0.15) is 0 Å². The summed E-state index contributed by atoms with van der Waals surface area (Å²) < 4.78 is 15.7. The fraction of sp³-hybridized carbons (Fsp3) is 0.429. The molecule has 1 saturated heterocycles. The minimum absolute atomic E-state index is 0.129. The molecule has 3 aromatic rings. The van der Waals surface area contributed by atoms with Crippen LogP contribution in [-0.2, 0) is 4.79 Å². The van der Waals surface area contributed by atoms with E-state index in [9.17, 15) is 9.90 Å². The summed E-state index contributed by atoms with van der Waals surface area (Å²) in [4.78, 5) is 28.8. The number of hydrogen-bond acceptors (Lipinski definition) is 9. The Morgan fingerprint density at radius 2 is 1.92 bits per heavy atom. The van der Waals surface area contributed by atoms with E-state index in [4.69, 9.17) is 5.73 Å². The third-order valence-corrected chi connectivity index (χ3v) is 7.77. The molecule has 0 bridgehead atoms. The average Bonchev–Trinajstić information content (AvgIpc) is 3.77. The van der Waals surface area contributed by atoms with E-state index in [2.05, 4.69) is 30.5 Å². The third-order valence-electron chi connectivity index (χ3n) is 7.77. The van der Waals surface area contributed by atoms with Crippen LogP contribution < -0.4 is 21.3 Å². The molecular weight excluding hydrogens is 499 g/mol. The normalized spacial score (nSPS) is 17.0. The maximum Gasteiger partial charge on any atom is 0.324 e. The number of rotatable bonds is 11. The standard InChI is InChI=1S/C28H35FN8O2/c1-36(21-7-14-37(15-8-21)28(9-10-28)26(38)39)23-5-2-4-22(25(23)29)35-24-16-19(6-13-31-24)20-17-33-27(34-18-20)32-12-3-11-30/h2,4-6,13,16-18,21H,3,7-12,14-15,30H2,1H3,(H,31,35)(H,38,39)(H,32,33,34). The monoisotopic (exact) mass is 534 g/mol. The summed E-state index contributed by atoms with van der Waals surface area (Å²) in [7, 11) is 1.90. The lowest BCUT2D eigenvalue weighted by Crippen LogP contribution is -2.51. The minimum atomic E-state index is -0.725. The molecule has 206 valence electrons. The molecule has 0 atom stereocenters. The van der Waals surface area contributed by atoms with E-state index in [1.807, 2.05) is 30.1 Å². The Hall–Kier alpha value is -3.83.